The van der Waals surface area contributed by atoms with Crippen LogP contribution in [0.3, 0.4) is 0 Å². The lowest BCUT2D eigenvalue weighted by Crippen LogP contribution is -2.16. The second-order valence-corrected chi connectivity index (χ2v) is 6.19. The first kappa shape index (κ1) is 14.7. The van der Waals surface area contributed by atoms with E-state index in [9.17, 15) is 0 Å². The van der Waals surface area contributed by atoms with Gasteiger partial charge < -0.3 is 10.1 Å². The topological polar surface area (TPSA) is 39.1 Å². The highest BCUT2D eigenvalue weighted by atomic mass is 35.5. The van der Waals surface area contributed by atoms with Gasteiger partial charge >= 0.3 is 0 Å². The van der Waals surface area contributed by atoms with Crippen molar-refractivity contribution < 1.29 is 4.74 Å². The standard InChI is InChI=1S/C15H17Cl2N3O/c1-20-8-10(6-19-20)9-21-15-11(7-18-13-2-3-13)4-12(16)5-14(15)17/h4-6,8,13,18H,2-3,7,9H2,1H3. The van der Waals surface area contributed by atoms with Gasteiger partial charge in [0, 0.05) is 42.0 Å². The third-order valence-electron chi connectivity index (χ3n) is 3.39. The Balaban J connectivity index is 1.74. The van der Waals surface area contributed by atoms with Crippen molar-refractivity contribution in [3.63, 3.8) is 0 Å². The first-order chi connectivity index (χ1) is 10.1. The van der Waals surface area contributed by atoms with Crippen LogP contribution in [0.4, 0.5) is 0 Å². The third kappa shape index (κ3) is 3.90. The summed E-state index contributed by atoms with van der Waals surface area (Å²) in [5, 5.41) is 8.75. The first-order valence-corrected chi connectivity index (χ1v) is 7.69. The van der Waals surface area contributed by atoms with Crippen molar-refractivity contribution in [1.82, 2.24) is 15.1 Å². The summed E-state index contributed by atoms with van der Waals surface area (Å²) < 4.78 is 7.64. The van der Waals surface area contributed by atoms with Crippen molar-refractivity contribution in [2.24, 2.45) is 7.05 Å². The molecule has 0 unspecified atom stereocenters. The zero-order chi connectivity index (χ0) is 14.8. The molecule has 21 heavy (non-hydrogen) atoms. The molecule has 0 bridgehead atoms. The van der Waals surface area contributed by atoms with Crippen LogP contribution in [0.2, 0.25) is 10.0 Å². The van der Waals surface area contributed by atoms with E-state index in [4.69, 9.17) is 27.9 Å². The zero-order valence-electron chi connectivity index (χ0n) is 11.8. The predicted molar refractivity (Wildman–Crippen MR) is 83.9 cm³/mol. The smallest absolute Gasteiger partial charge is 0.142 e. The Morgan fingerprint density at radius 3 is 2.86 bits per heavy atom. The van der Waals surface area contributed by atoms with Crippen LogP contribution in [0.15, 0.2) is 24.5 Å². The Morgan fingerprint density at radius 2 is 2.19 bits per heavy atom. The van der Waals surface area contributed by atoms with E-state index in [-0.39, 0.29) is 0 Å². The van der Waals surface area contributed by atoms with E-state index in [1.165, 1.54) is 12.8 Å². The molecule has 1 N–H and O–H groups in total. The van der Waals surface area contributed by atoms with Gasteiger partial charge in [-0.25, -0.2) is 0 Å². The number of halogens is 2. The van der Waals surface area contributed by atoms with Crippen molar-refractivity contribution in [3.05, 3.63) is 45.7 Å². The summed E-state index contributed by atoms with van der Waals surface area (Å²) in [5.74, 6) is 0.693. The Morgan fingerprint density at radius 1 is 1.38 bits per heavy atom. The number of hydrogen-bond acceptors (Lipinski definition) is 3. The normalized spacial score (nSPS) is 14.4. The lowest BCUT2D eigenvalue weighted by Gasteiger charge is -2.14. The minimum atomic E-state index is 0.436. The van der Waals surface area contributed by atoms with Gasteiger partial charge in [0.25, 0.3) is 0 Å². The molecule has 0 amide bonds. The monoisotopic (exact) mass is 325 g/mol. The van der Waals surface area contributed by atoms with Gasteiger partial charge in [0.05, 0.1) is 11.2 Å². The molecule has 1 saturated carbocycles. The Bertz CT molecular complexity index is 638. The fourth-order valence-electron chi connectivity index (χ4n) is 2.15. The van der Waals surface area contributed by atoms with Crippen LogP contribution in [0.1, 0.15) is 24.0 Å². The number of ether oxygens (including phenoxy) is 1. The molecular formula is C15H17Cl2N3O. The maximum atomic E-state index is 6.28. The minimum Gasteiger partial charge on any atom is -0.487 e. The molecular weight excluding hydrogens is 309 g/mol. The summed E-state index contributed by atoms with van der Waals surface area (Å²) in [5.41, 5.74) is 1.99. The molecule has 6 heteroatoms. The molecule has 4 nitrogen and oxygen atoms in total. The van der Waals surface area contributed by atoms with Gasteiger partial charge in [0.1, 0.15) is 12.4 Å². The number of hydrogen-bond donors (Lipinski definition) is 1. The van der Waals surface area contributed by atoms with E-state index in [0.717, 1.165) is 11.1 Å². The van der Waals surface area contributed by atoms with Crippen LogP contribution >= 0.6 is 23.2 Å². The van der Waals surface area contributed by atoms with Crippen LogP contribution < -0.4 is 10.1 Å². The lowest BCUT2D eigenvalue weighted by molar-refractivity contribution is 0.302. The molecule has 0 radical (unpaired) electrons. The molecule has 1 aromatic heterocycles. The third-order valence-corrected chi connectivity index (χ3v) is 3.88. The highest BCUT2D eigenvalue weighted by Crippen LogP contribution is 2.33. The van der Waals surface area contributed by atoms with E-state index < -0.39 is 0 Å². The van der Waals surface area contributed by atoms with Crippen LogP contribution in [0.5, 0.6) is 5.75 Å². The number of aryl methyl sites for hydroxylation is 1. The second kappa shape index (κ2) is 6.26. The second-order valence-electron chi connectivity index (χ2n) is 5.34. The van der Waals surface area contributed by atoms with Gasteiger partial charge in [0.15, 0.2) is 0 Å². The largest absolute Gasteiger partial charge is 0.487 e. The van der Waals surface area contributed by atoms with Crippen LogP contribution in [0, 0.1) is 0 Å². The van der Waals surface area contributed by atoms with Gasteiger partial charge in [-0.15, -0.1) is 0 Å². The van der Waals surface area contributed by atoms with Gasteiger partial charge in [-0.3, -0.25) is 4.68 Å². The Labute approximate surface area is 134 Å². The molecule has 1 aliphatic rings. The molecule has 1 aromatic carbocycles. The molecule has 1 fully saturated rings. The number of aromatic nitrogens is 2. The van der Waals surface area contributed by atoms with Gasteiger partial charge in [0.2, 0.25) is 0 Å². The molecule has 1 aliphatic carbocycles. The van der Waals surface area contributed by atoms with Crippen molar-refractivity contribution in [3.8, 4) is 5.75 Å². The van der Waals surface area contributed by atoms with Crippen LogP contribution in [-0.4, -0.2) is 15.8 Å². The summed E-state index contributed by atoms with van der Waals surface area (Å²) in [6.07, 6.45) is 6.18. The molecule has 0 spiro atoms. The van der Waals surface area contributed by atoms with E-state index in [2.05, 4.69) is 10.4 Å². The number of rotatable bonds is 6. The SMILES string of the molecule is Cn1cc(COc2c(Cl)cc(Cl)cc2CNC2CC2)cn1. The van der Waals surface area contributed by atoms with Gasteiger partial charge in [-0.2, -0.15) is 5.10 Å². The fourth-order valence-corrected chi connectivity index (χ4v) is 2.74. The summed E-state index contributed by atoms with van der Waals surface area (Å²) >= 11 is 12.4. The van der Waals surface area contributed by atoms with Gasteiger partial charge in [-0.1, -0.05) is 23.2 Å². The average Bonchev–Trinajstić information content (AvgIpc) is 3.17. The van der Waals surface area contributed by atoms with Crippen molar-refractivity contribution in [2.45, 2.75) is 32.0 Å². The molecule has 3 rings (SSSR count). The Hall–Kier alpha value is -1.23. The number of benzene rings is 1. The summed E-state index contributed by atoms with van der Waals surface area (Å²) in [6.45, 7) is 1.15. The van der Waals surface area contributed by atoms with E-state index in [1.54, 1.807) is 16.9 Å². The molecule has 0 aliphatic heterocycles. The first-order valence-electron chi connectivity index (χ1n) is 6.93. The quantitative estimate of drug-likeness (QED) is 0.882. The summed E-state index contributed by atoms with van der Waals surface area (Å²) in [6, 6.07) is 4.23. The molecule has 1 heterocycles. The Kier molecular flexibility index (Phi) is 4.38. The number of nitrogens with zero attached hydrogens (tertiary/aromatic N) is 2. The molecule has 2 aromatic rings. The van der Waals surface area contributed by atoms with Crippen molar-refractivity contribution in [2.75, 3.05) is 0 Å². The van der Waals surface area contributed by atoms with Crippen LogP contribution in [0.25, 0.3) is 0 Å². The maximum Gasteiger partial charge on any atom is 0.142 e. The van der Waals surface area contributed by atoms with Gasteiger partial charge in [-0.05, 0) is 25.0 Å². The highest BCUT2D eigenvalue weighted by molar-refractivity contribution is 6.35. The van der Waals surface area contributed by atoms with Crippen molar-refractivity contribution in [1.29, 1.82) is 0 Å². The van der Waals surface area contributed by atoms with Crippen LogP contribution in [-0.2, 0) is 20.2 Å². The fraction of sp³-hybridized carbons (Fsp3) is 0.400. The molecule has 0 atom stereocenters. The highest BCUT2D eigenvalue weighted by Gasteiger charge is 2.21. The van der Waals surface area contributed by atoms with Crippen molar-refractivity contribution >= 4 is 23.2 Å². The van der Waals surface area contributed by atoms with E-state index in [0.29, 0.717) is 35.0 Å². The summed E-state index contributed by atoms with van der Waals surface area (Å²) in [4.78, 5) is 0. The summed E-state index contributed by atoms with van der Waals surface area (Å²) in [7, 11) is 1.88. The van der Waals surface area contributed by atoms with E-state index in [1.807, 2.05) is 19.3 Å². The zero-order valence-corrected chi connectivity index (χ0v) is 13.3. The average molecular weight is 326 g/mol. The molecule has 112 valence electrons. The maximum absolute atomic E-state index is 6.28. The lowest BCUT2D eigenvalue weighted by atomic mass is 10.2. The predicted octanol–water partition coefficient (Wildman–Crippen LogP) is 3.56. The van der Waals surface area contributed by atoms with E-state index >= 15 is 0 Å². The minimum absolute atomic E-state index is 0.436. The number of nitrogens with one attached hydrogen (secondary N) is 1. The molecule has 0 saturated heterocycles.